The molecule has 2 aliphatic heterocycles. The first-order chi connectivity index (χ1) is 26.5. The molecule has 0 bridgehead atoms. The second kappa shape index (κ2) is 16.2. The summed E-state index contributed by atoms with van der Waals surface area (Å²) in [6, 6.07) is 12.5. The van der Waals surface area contributed by atoms with Gasteiger partial charge in [-0.05, 0) is 68.8 Å². The predicted octanol–water partition coefficient (Wildman–Crippen LogP) is 5.74. The van der Waals surface area contributed by atoms with Crippen molar-refractivity contribution in [3.05, 3.63) is 93.8 Å². The first-order valence-corrected chi connectivity index (χ1v) is 18.4. The molecule has 15 heteroatoms. The number of carbonyl (C=O) groups is 3. The number of aromatic nitrogens is 3. The molecule has 1 fully saturated rings. The van der Waals surface area contributed by atoms with E-state index >= 15 is 0 Å². The number of hydrogen-bond acceptors (Lipinski definition) is 9. The summed E-state index contributed by atoms with van der Waals surface area (Å²) in [5.41, 5.74) is 8.28. The Kier molecular flexibility index (Phi) is 11.5. The first kappa shape index (κ1) is 40.0. The number of hydrogen-bond donors (Lipinski definition) is 2. The minimum atomic E-state index is -4.58. The van der Waals surface area contributed by atoms with Gasteiger partial charge in [0.05, 0.1) is 28.8 Å². The minimum absolute atomic E-state index is 0.00176. The second-order valence-corrected chi connectivity index (χ2v) is 14.9. The predicted molar refractivity (Wildman–Crippen MR) is 205 cm³/mol. The Balaban J connectivity index is 1.17. The van der Waals surface area contributed by atoms with E-state index < -0.39 is 35.2 Å². The number of nitrogen functional groups attached to an aromatic ring is 1. The maximum Gasteiger partial charge on any atom is 0.417 e. The number of nitrogens with one attached hydrogen (secondary N) is 1. The van der Waals surface area contributed by atoms with Crippen LogP contribution in [0.5, 0.6) is 0 Å². The van der Waals surface area contributed by atoms with E-state index in [-0.39, 0.29) is 36.7 Å². The lowest BCUT2D eigenvalue weighted by Gasteiger charge is -2.34. The molecule has 4 aromatic rings. The van der Waals surface area contributed by atoms with Gasteiger partial charge in [-0.1, -0.05) is 37.0 Å². The number of anilines is 2. The van der Waals surface area contributed by atoms with E-state index in [2.05, 4.69) is 38.9 Å². The van der Waals surface area contributed by atoms with Crippen molar-refractivity contribution < 1.29 is 32.3 Å². The van der Waals surface area contributed by atoms with Gasteiger partial charge < -0.3 is 25.3 Å². The van der Waals surface area contributed by atoms with Crippen LogP contribution in [0.25, 0.3) is 11.4 Å². The first-order valence-electron chi connectivity index (χ1n) is 18.4. The van der Waals surface area contributed by atoms with Gasteiger partial charge in [-0.15, -0.1) is 0 Å². The number of likely N-dealkylation sites (N-methyl/N-ethyl adjacent to an activating group) is 1. The van der Waals surface area contributed by atoms with Crippen LogP contribution < -0.4 is 11.1 Å². The Morgan fingerprint density at radius 1 is 0.982 bits per heavy atom. The molecule has 0 radical (unpaired) electrons. The number of imide groups is 1. The molecule has 56 heavy (non-hydrogen) atoms. The van der Waals surface area contributed by atoms with Crippen molar-refractivity contribution in [1.82, 2.24) is 29.2 Å². The Labute approximate surface area is 323 Å². The van der Waals surface area contributed by atoms with E-state index in [0.717, 1.165) is 36.3 Å². The minimum Gasteiger partial charge on any atom is -0.443 e. The normalized spacial score (nSPS) is 15.2. The number of rotatable bonds is 7. The molecular formula is C41H45F3N8O4. The van der Waals surface area contributed by atoms with Crippen LogP contribution in [0.1, 0.15) is 71.6 Å². The van der Waals surface area contributed by atoms with Gasteiger partial charge in [0.2, 0.25) is 11.9 Å². The lowest BCUT2D eigenvalue weighted by molar-refractivity contribution is -0.138. The van der Waals surface area contributed by atoms with Crippen molar-refractivity contribution in [1.29, 1.82) is 0 Å². The topological polar surface area (TPSA) is 139 Å². The number of carbonyl (C=O) groups excluding carboxylic acids is 3. The zero-order valence-electron chi connectivity index (χ0n) is 32.1. The van der Waals surface area contributed by atoms with E-state index in [4.69, 9.17) is 10.5 Å². The van der Waals surface area contributed by atoms with Gasteiger partial charge >= 0.3 is 12.3 Å². The molecule has 1 saturated heterocycles. The third-order valence-electron chi connectivity index (χ3n) is 9.71. The van der Waals surface area contributed by atoms with Crippen LogP contribution in [0.3, 0.4) is 0 Å². The Hall–Kier alpha value is -5.72. The summed E-state index contributed by atoms with van der Waals surface area (Å²) in [6.07, 6.45) is -3.50. The number of piperazine rings is 1. The van der Waals surface area contributed by atoms with Crippen molar-refractivity contribution in [2.24, 2.45) is 7.05 Å². The van der Waals surface area contributed by atoms with Crippen molar-refractivity contribution >= 4 is 29.5 Å². The maximum atomic E-state index is 14.1. The maximum absolute atomic E-state index is 14.1. The number of alkyl halides is 3. The van der Waals surface area contributed by atoms with E-state index in [1.54, 1.807) is 58.2 Å². The standard InChI is InChI=1S/C41H45F3N8O4/c1-6-50-16-18-51(19-17-50)25-29-12-13-30(22-32(29)41(42,43)44)47-35(53)21-27-9-7-8-26(20-27)10-11-28-24-46-38(45)48-36(28)34-23-31-33(49(34)5)14-15-52(37(31)54)39(55)56-40(2,3)4/h7-9,12-13,20,22-24H,6,14-19,21,25H2,1-5H3,(H,47,53)(H2,45,46,48). The smallest absolute Gasteiger partial charge is 0.417 e. The van der Waals surface area contributed by atoms with Crippen molar-refractivity contribution in [3.63, 3.8) is 0 Å². The number of amides is 3. The summed E-state index contributed by atoms with van der Waals surface area (Å²) in [4.78, 5) is 53.2. The Bertz CT molecular complexity index is 2210. The largest absolute Gasteiger partial charge is 0.443 e. The summed E-state index contributed by atoms with van der Waals surface area (Å²) in [5, 5.41) is 2.62. The monoisotopic (exact) mass is 770 g/mol. The summed E-state index contributed by atoms with van der Waals surface area (Å²) >= 11 is 0. The van der Waals surface area contributed by atoms with Gasteiger partial charge in [0.15, 0.2) is 0 Å². The number of fused-ring (bicyclic) bond motifs is 1. The van der Waals surface area contributed by atoms with Gasteiger partial charge in [-0.3, -0.25) is 14.5 Å². The highest BCUT2D eigenvalue weighted by Crippen LogP contribution is 2.35. The molecule has 294 valence electrons. The number of ether oxygens (including phenoxy) is 1. The van der Waals surface area contributed by atoms with Crippen LogP contribution >= 0.6 is 0 Å². The molecule has 3 N–H and O–H groups in total. The molecule has 0 atom stereocenters. The molecular weight excluding hydrogens is 725 g/mol. The molecule has 3 amide bonds. The SMILES string of the molecule is CCN1CCN(Cc2ccc(NC(=O)Cc3cccc(C#Cc4cnc(N)nc4-c4cc5c(n4C)CCN(C(=O)OC(C)(C)C)C5=O)c3)cc2C(F)(F)F)CC1. The van der Waals surface area contributed by atoms with Crippen molar-refractivity contribution in [3.8, 4) is 23.2 Å². The van der Waals surface area contributed by atoms with Crippen molar-refractivity contribution in [2.45, 2.75) is 58.9 Å². The lowest BCUT2D eigenvalue weighted by Crippen LogP contribution is -2.45. The fraction of sp³-hybridized carbons (Fsp3) is 0.390. The Morgan fingerprint density at radius 2 is 1.71 bits per heavy atom. The van der Waals surface area contributed by atoms with E-state index in [1.807, 2.05) is 9.47 Å². The summed E-state index contributed by atoms with van der Waals surface area (Å²) < 4.78 is 49.7. The van der Waals surface area contributed by atoms with Gasteiger partial charge in [0.25, 0.3) is 5.91 Å². The zero-order chi connectivity index (χ0) is 40.4. The second-order valence-electron chi connectivity index (χ2n) is 14.9. The average molecular weight is 771 g/mol. The summed E-state index contributed by atoms with van der Waals surface area (Å²) in [7, 11) is 1.79. The van der Waals surface area contributed by atoms with Gasteiger partial charge in [-0.25, -0.2) is 19.7 Å². The third-order valence-corrected chi connectivity index (χ3v) is 9.71. The zero-order valence-corrected chi connectivity index (χ0v) is 32.1. The number of benzene rings is 2. The molecule has 12 nitrogen and oxygen atoms in total. The van der Waals surface area contributed by atoms with E-state index in [1.165, 1.54) is 18.3 Å². The molecule has 2 aromatic heterocycles. The molecule has 2 aliphatic rings. The highest BCUT2D eigenvalue weighted by molar-refractivity contribution is 6.05. The van der Waals surface area contributed by atoms with Crippen LogP contribution in [0.15, 0.2) is 54.7 Å². The molecule has 0 unspecified atom stereocenters. The molecule has 0 spiro atoms. The molecule has 0 saturated carbocycles. The fourth-order valence-electron chi connectivity index (χ4n) is 6.85. The number of nitrogens with zero attached hydrogens (tertiary/aromatic N) is 6. The van der Waals surface area contributed by atoms with E-state index in [0.29, 0.717) is 53.2 Å². The number of halogens is 3. The highest BCUT2D eigenvalue weighted by atomic mass is 19.4. The molecule has 2 aromatic carbocycles. The van der Waals surface area contributed by atoms with Crippen LogP contribution in [0, 0.1) is 11.8 Å². The number of nitrogens with two attached hydrogens (primary N) is 1. The third kappa shape index (κ3) is 9.38. The summed E-state index contributed by atoms with van der Waals surface area (Å²) in [5.74, 6) is 5.20. The molecule has 4 heterocycles. The van der Waals surface area contributed by atoms with Crippen LogP contribution in [0.4, 0.5) is 29.6 Å². The average Bonchev–Trinajstić information content (AvgIpc) is 3.47. The Morgan fingerprint density at radius 3 is 2.41 bits per heavy atom. The summed E-state index contributed by atoms with van der Waals surface area (Å²) in [6.45, 7) is 11.5. The van der Waals surface area contributed by atoms with Crippen molar-refractivity contribution in [2.75, 3.05) is 50.3 Å². The van der Waals surface area contributed by atoms with Gasteiger partial charge in [-0.2, -0.15) is 13.2 Å². The molecule has 0 aliphatic carbocycles. The fourth-order valence-corrected chi connectivity index (χ4v) is 6.85. The van der Waals surface area contributed by atoms with Gasteiger partial charge in [0, 0.05) is 75.9 Å². The molecule has 6 rings (SSSR count). The quantitative estimate of drug-likeness (QED) is 0.226. The van der Waals surface area contributed by atoms with E-state index in [9.17, 15) is 27.6 Å². The van der Waals surface area contributed by atoms with Crippen LogP contribution in [0.2, 0.25) is 0 Å². The van der Waals surface area contributed by atoms with Crippen LogP contribution in [-0.2, 0) is 42.1 Å². The lowest BCUT2D eigenvalue weighted by atomic mass is 10.0. The highest BCUT2D eigenvalue weighted by Gasteiger charge is 2.36. The van der Waals surface area contributed by atoms with Gasteiger partial charge in [0.1, 0.15) is 11.3 Å². The van der Waals surface area contributed by atoms with Crippen LogP contribution in [-0.4, -0.2) is 92.0 Å².